The first-order chi connectivity index (χ1) is 8.42. The van der Waals surface area contributed by atoms with E-state index in [1.165, 1.54) is 17.7 Å². The minimum absolute atomic E-state index is 0.178. The first kappa shape index (κ1) is 12.6. The second kappa shape index (κ2) is 4.41. The van der Waals surface area contributed by atoms with Crippen molar-refractivity contribution in [2.75, 3.05) is 13.4 Å². The van der Waals surface area contributed by atoms with Crippen molar-refractivity contribution in [1.29, 1.82) is 0 Å². The molecule has 2 aromatic heterocycles. The molecule has 0 bridgehead atoms. The second-order valence-corrected chi connectivity index (χ2v) is 6.06. The Labute approximate surface area is 104 Å². The van der Waals surface area contributed by atoms with Crippen LogP contribution in [0.25, 0.3) is 5.65 Å². The summed E-state index contributed by atoms with van der Waals surface area (Å²) in [5.41, 5.74) is 1.20. The van der Waals surface area contributed by atoms with Crippen molar-refractivity contribution in [3.63, 3.8) is 0 Å². The molecule has 0 saturated heterocycles. The van der Waals surface area contributed by atoms with Gasteiger partial charge < -0.3 is 4.74 Å². The largest absolute Gasteiger partial charge is 0.464 e. The van der Waals surface area contributed by atoms with E-state index in [-0.39, 0.29) is 11.4 Å². The third-order valence-corrected chi connectivity index (χ3v) is 3.23. The Hall–Kier alpha value is -1.89. The predicted molar refractivity (Wildman–Crippen MR) is 65.1 cm³/mol. The molecule has 18 heavy (non-hydrogen) atoms. The molecule has 0 aliphatic rings. The Balaban J connectivity index is 2.66. The van der Waals surface area contributed by atoms with Crippen LogP contribution in [0.1, 0.15) is 16.2 Å². The van der Waals surface area contributed by atoms with E-state index in [4.69, 9.17) is 0 Å². The van der Waals surface area contributed by atoms with Crippen LogP contribution in [0.4, 0.5) is 0 Å². The molecule has 0 fully saturated rings. The van der Waals surface area contributed by atoms with Crippen LogP contribution < -0.4 is 0 Å². The number of aromatic nitrogens is 2. The summed E-state index contributed by atoms with van der Waals surface area (Å²) in [5.74, 6) is -0.712. The van der Waals surface area contributed by atoms with Crippen molar-refractivity contribution in [3.05, 3.63) is 35.8 Å². The number of nitrogens with zero attached hydrogens (tertiary/aromatic N) is 2. The van der Waals surface area contributed by atoms with Gasteiger partial charge in [0, 0.05) is 6.26 Å². The highest BCUT2D eigenvalue weighted by molar-refractivity contribution is 7.89. The van der Waals surface area contributed by atoms with Crippen molar-refractivity contribution in [2.24, 2.45) is 0 Å². The summed E-state index contributed by atoms with van der Waals surface area (Å²) in [5, 5.41) is 0. The maximum atomic E-state index is 11.6. The average Bonchev–Trinajstić information content (AvgIpc) is 2.69. The molecule has 2 rings (SSSR count). The maximum absolute atomic E-state index is 11.6. The lowest BCUT2D eigenvalue weighted by Gasteiger charge is -2.06. The van der Waals surface area contributed by atoms with Gasteiger partial charge in [0.1, 0.15) is 11.3 Å². The molecule has 0 aliphatic heterocycles. The summed E-state index contributed by atoms with van der Waals surface area (Å²) in [6.45, 7) is 0. The summed E-state index contributed by atoms with van der Waals surface area (Å²) in [6, 6.07) is 4.92. The van der Waals surface area contributed by atoms with Gasteiger partial charge in [0.25, 0.3) is 0 Å². The van der Waals surface area contributed by atoms with Crippen LogP contribution in [0, 0.1) is 0 Å². The van der Waals surface area contributed by atoms with Crippen LogP contribution in [0.5, 0.6) is 0 Å². The fourth-order valence-electron chi connectivity index (χ4n) is 1.73. The lowest BCUT2D eigenvalue weighted by Crippen LogP contribution is -2.11. The Morgan fingerprint density at radius 1 is 1.44 bits per heavy atom. The number of fused-ring (bicyclic) bond motifs is 1. The Bertz CT molecular complexity index is 703. The molecule has 0 saturated carbocycles. The predicted octanol–water partition coefficient (Wildman–Crippen LogP) is 0.665. The van der Waals surface area contributed by atoms with Crippen LogP contribution in [0.3, 0.4) is 0 Å². The summed E-state index contributed by atoms with van der Waals surface area (Å²) in [4.78, 5) is 15.7. The quantitative estimate of drug-likeness (QED) is 0.764. The van der Waals surface area contributed by atoms with E-state index < -0.39 is 15.8 Å². The molecule has 0 aliphatic carbocycles. The highest BCUT2D eigenvalue weighted by Gasteiger charge is 2.16. The van der Waals surface area contributed by atoms with Gasteiger partial charge in [-0.2, -0.15) is 0 Å². The molecular formula is C11H12N2O4S. The molecule has 0 amide bonds. The Morgan fingerprint density at radius 2 is 2.17 bits per heavy atom. The van der Waals surface area contributed by atoms with Gasteiger partial charge in [0.05, 0.1) is 24.8 Å². The van der Waals surface area contributed by atoms with E-state index in [9.17, 15) is 13.2 Å². The molecule has 2 aromatic rings. The van der Waals surface area contributed by atoms with E-state index in [1.807, 2.05) is 0 Å². The number of hydrogen-bond donors (Lipinski definition) is 0. The van der Waals surface area contributed by atoms with Crippen LogP contribution in [0.15, 0.2) is 24.4 Å². The van der Waals surface area contributed by atoms with Crippen LogP contribution in [-0.4, -0.2) is 37.1 Å². The number of methoxy groups -OCH3 is 1. The van der Waals surface area contributed by atoms with Crippen molar-refractivity contribution in [2.45, 2.75) is 5.75 Å². The monoisotopic (exact) mass is 268 g/mol. The molecule has 0 radical (unpaired) electrons. The molecule has 0 atom stereocenters. The van der Waals surface area contributed by atoms with Crippen molar-refractivity contribution in [3.8, 4) is 0 Å². The topological polar surface area (TPSA) is 77.7 Å². The number of sulfone groups is 1. The van der Waals surface area contributed by atoms with E-state index in [1.54, 1.807) is 18.2 Å². The molecule has 6 nitrogen and oxygen atoms in total. The van der Waals surface area contributed by atoms with Crippen molar-refractivity contribution in [1.82, 2.24) is 9.38 Å². The van der Waals surface area contributed by atoms with Crippen LogP contribution in [0.2, 0.25) is 0 Å². The van der Waals surface area contributed by atoms with E-state index >= 15 is 0 Å². The molecular weight excluding hydrogens is 256 g/mol. The van der Waals surface area contributed by atoms with Gasteiger partial charge in [0.2, 0.25) is 0 Å². The molecule has 2 heterocycles. The number of ether oxygens (including phenoxy) is 1. The van der Waals surface area contributed by atoms with Crippen LogP contribution >= 0.6 is 0 Å². The highest BCUT2D eigenvalue weighted by Crippen LogP contribution is 2.14. The van der Waals surface area contributed by atoms with E-state index in [0.29, 0.717) is 11.3 Å². The summed E-state index contributed by atoms with van der Waals surface area (Å²) in [6.07, 6.45) is 2.58. The number of pyridine rings is 1. The third-order valence-electron chi connectivity index (χ3n) is 2.41. The van der Waals surface area contributed by atoms with Crippen LogP contribution in [-0.2, 0) is 20.3 Å². The van der Waals surface area contributed by atoms with Gasteiger partial charge in [-0.05, 0) is 12.1 Å². The summed E-state index contributed by atoms with van der Waals surface area (Å²) < 4.78 is 28.8. The van der Waals surface area contributed by atoms with Gasteiger partial charge in [-0.3, -0.25) is 4.40 Å². The summed E-state index contributed by atoms with van der Waals surface area (Å²) in [7, 11) is -1.93. The number of rotatable bonds is 3. The fourth-order valence-corrected chi connectivity index (χ4v) is 2.47. The minimum Gasteiger partial charge on any atom is -0.464 e. The van der Waals surface area contributed by atoms with Gasteiger partial charge >= 0.3 is 5.97 Å². The Kier molecular flexibility index (Phi) is 3.08. The minimum atomic E-state index is -3.20. The standard InChI is InChI=1S/C11H12N2O4S/c1-17-11(14)9-4-3-5-10-12-6-8(13(9)10)7-18(2,15)16/h3-6H,7H2,1-2H3. The average molecular weight is 268 g/mol. The molecule has 0 aromatic carbocycles. The SMILES string of the molecule is COC(=O)c1cccc2ncc(CS(C)(=O)=O)n12. The molecule has 0 N–H and O–H groups in total. The normalized spacial score (nSPS) is 11.7. The zero-order chi connectivity index (χ0) is 13.3. The summed E-state index contributed by atoms with van der Waals surface area (Å²) >= 11 is 0. The number of imidazole rings is 1. The zero-order valence-electron chi connectivity index (χ0n) is 9.95. The number of carbonyl (C=O) groups excluding carboxylic acids is 1. The third kappa shape index (κ3) is 2.35. The fraction of sp³-hybridized carbons (Fsp3) is 0.273. The van der Waals surface area contributed by atoms with Gasteiger partial charge in [-0.1, -0.05) is 6.07 Å². The highest BCUT2D eigenvalue weighted by atomic mass is 32.2. The number of carbonyl (C=O) groups is 1. The first-order valence-corrected chi connectivity index (χ1v) is 7.20. The maximum Gasteiger partial charge on any atom is 0.355 e. The second-order valence-electron chi connectivity index (χ2n) is 3.92. The van der Waals surface area contributed by atoms with Gasteiger partial charge in [0.15, 0.2) is 9.84 Å². The lowest BCUT2D eigenvalue weighted by molar-refractivity contribution is 0.0592. The van der Waals surface area contributed by atoms with E-state index in [0.717, 1.165) is 6.26 Å². The number of esters is 1. The lowest BCUT2D eigenvalue weighted by atomic mass is 10.3. The smallest absolute Gasteiger partial charge is 0.355 e. The molecule has 96 valence electrons. The number of hydrogen-bond acceptors (Lipinski definition) is 5. The molecule has 0 unspecified atom stereocenters. The van der Waals surface area contributed by atoms with Gasteiger partial charge in [-0.25, -0.2) is 18.2 Å². The first-order valence-electron chi connectivity index (χ1n) is 5.14. The Morgan fingerprint density at radius 3 is 2.78 bits per heavy atom. The zero-order valence-corrected chi connectivity index (χ0v) is 10.8. The van der Waals surface area contributed by atoms with Crippen molar-refractivity contribution < 1.29 is 17.9 Å². The molecule has 7 heteroatoms. The molecule has 0 spiro atoms. The van der Waals surface area contributed by atoms with E-state index in [2.05, 4.69) is 9.72 Å². The van der Waals surface area contributed by atoms with Gasteiger partial charge in [-0.15, -0.1) is 0 Å². The van der Waals surface area contributed by atoms with Crippen molar-refractivity contribution >= 4 is 21.5 Å².